The number of hydrogen-bond acceptors (Lipinski definition) is 0. The topological polar surface area (TPSA) is 0 Å². The Hall–Kier alpha value is 1.38. The summed E-state index contributed by atoms with van der Waals surface area (Å²) in [4.78, 5) is 0. The van der Waals surface area contributed by atoms with E-state index < -0.39 is 0 Å². The van der Waals surface area contributed by atoms with Crippen LogP contribution >= 0.6 is 0 Å². The summed E-state index contributed by atoms with van der Waals surface area (Å²) in [6, 6.07) is 0. The number of hydrogen-bond donors (Lipinski definition) is 0. The van der Waals surface area contributed by atoms with Crippen LogP contribution in [0.15, 0.2) is 0 Å². The van der Waals surface area contributed by atoms with E-state index in [1.54, 1.807) is 0 Å². The largest absolute Gasteiger partial charge is 0.0776 e. The molecule has 0 amide bonds. The van der Waals surface area contributed by atoms with Crippen LogP contribution in [0.4, 0.5) is 0 Å². The average Bonchev–Trinajstić information content (AvgIpc) is 3.96. The minimum atomic E-state index is 0. The maximum Gasteiger partial charge on any atom is 0 e. The predicted molar refractivity (Wildman–Crippen MR) is 294 cm³/mol. The first kappa shape index (κ1) is 154. The Labute approximate surface area is 407 Å². The normalized spacial score (nSPS) is 8.36. The van der Waals surface area contributed by atoms with Crippen molar-refractivity contribution in [3.05, 3.63) is 0 Å². The molecule has 0 unspecified atom stereocenters. The molecular formula is C54H150Pt2. The van der Waals surface area contributed by atoms with Crippen molar-refractivity contribution in [1.29, 1.82) is 0 Å². The van der Waals surface area contributed by atoms with E-state index in [4.69, 9.17) is 0 Å². The van der Waals surface area contributed by atoms with Crippen molar-refractivity contribution in [2.75, 3.05) is 0 Å². The second-order valence-corrected chi connectivity index (χ2v) is 7.29. The molecule has 2 fully saturated rings. The van der Waals surface area contributed by atoms with Gasteiger partial charge >= 0.3 is 0 Å². The summed E-state index contributed by atoms with van der Waals surface area (Å²) in [6.45, 7) is 65.1. The molecule has 0 aromatic rings. The second-order valence-electron chi connectivity index (χ2n) is 7.29. The molecule has 2 saturated carbocycles. The van der Waals surface area contributed by atoms with Gasteiger partial charge in [-0.1, -0.05) is 356 Å². The van der Waals surface area contributed by atoms with Crippen molar-refractivity contribution in [3.8, 4) is 0 Å². The van der Waals surface area contributed by atoms with Crippen molar-refractivity contribution in [1.82, 2.24) is 0 Å². The van der Waals surface area contributed by atoms with Crippen LogP contribution in [0.2, 0.25) is 0 Å². The molecular weight excluding hydrogens is 1040 g/mol. The molecule has 0 heterocycles. The van der Waals surface area contributed by atoms with E-state index in [9.17, 15) is 0 Å². The summed E-state index contributed by atoms with van der Waals surface area (Å²) in [7, 11) is 0. The van der Waals surface area contributed by atoms with Crippen molar-refractivity contribution >= 4 is 0 Å². The van der Waals surface area contributed by atoms with Crippen LogP contribution in [-0.4, -0.2) is 0 Å². The van der Waals surface area contributed by atoms with Crippen molar-refractivity contribution in [2.24, 2.45) is 11.8 Å². The Morgan fingerprint density at radius 3 is 0.411 bits per heavy atom. The maximum absolute atomic E-state index is 2.29. The van der Waals surface area contributed by atoms with E-state index in [1.807, 2.05) is 180 Å². The van der Waals surface area contributed by atoms with Gasteiger partial charge in [0.05, 0.1) is 0 Å². The summed E-state index contributed by atoms with van der Waals surface area (Å²) >= 11 is 0. The van der Waals surface area contributed by atoms with E-state index in [0.29, 0.717) is 0 Å². The van der Waals surface area contributed by atoms with E-state index in [2.05, 4.69) is 41.5 Å². The Bertz CT molecular complexity index is 153. The molecule has 0 bridgehead atoms. The second kappa shape index (κ2) is 378. The molecule has 56 heavy (non-hydrogen) atoms. The third-order valence-electron chi connectivity index (χ3n) is 4.34. The van der Waals surface area contributed by atoms with Crippen LogP contribution in [0, 0.1) is 11.8 Å². The first-order chi connectivity index (χ1) is 23.7. The standard InChI is InChI=1S/2C8H16.2C3H8.13C2H6.6CH4.2Pt/c2*1-2-5-8-6-3-4-7-8;2*1-3-2;13*1-2;;;;;;;;/h2*8H,2-7H2,1H3;2*3H2,1-2H3;13*1-2H3;6*1H4;;. The van der Waals surface area contributed by atoms with Gasteiger partial charge in [0.15, 0.2) is 0 Å². The zero-order chi connectivity index (χ0) is 43.1. The monoisotopic (exact) mass is 1190 g/mol. The van der Waals surface area contributed by atoms with E-state index in [0.717, 1.165) is 11.8 Å². The maximum atomic E-state index is 2.29. The van der Waals surface area contributed by atoms with Gasteiger partial charge < -0.3 is 0 Å². The fraction of sp³-hybridized carbons (Fsp3) is 1.00. The molecule has 0 N–H and O–H groups in total. The quantitative estimate of drug-likeness (QED) is 0.263. The van der Waals surface area contributed by atoms with Gasteiger partial charge in [-0.05, 0) is 11.8 Å². The molecule has 0 spiro atoms. The van der Waals surface area contributed by atoms with Crippen molar-refractivity contribution < 1.29 is 42.1 Å². The number of rotatable bonds is 4. The summed E-state index contributed by atoms with van der Waals surface area (Å²) in [5.74, 6) is 2.22. The van der Waals surface area contributed by atoms with Crippen LogP contribution in [0.3, 0.4) is 0 Å². The molecule has 0 aromatic heterocycles. The van der Waals surface area contributed by atoms with Gasteiger partial charge in [0.2, 0.25) is 0 Å². The van der Waals surface area contributed by atoms with Crippen molar-refractivity contribution in [3.63, 3.8) is 0 Å². The fourth-order valence-corrected chi connectivity index (χ4v) is 3.41. The summed E-state index contributed by atoms with van der Waals surface area (Å²) in [6.07, 6.45) is 20.4. The van der Waals surface area contributed by atoms with Crippen LogP contribution < -0.4 is 0 Å². The zero-order valence-corrected chi connectivity index (χ0v) is 48.2. The SMILES string of the molecule is C.C.C.C.C.C.CC.CC.CC.CC.CC.CC.CC.CC.CC.CC.CC.CC.CC.CCC.CCC.CCCC1CCCC1.CCCC1CCCC1.[Pt].[Pt]. The van der Waals surface area contributed by atoms with Crippen LogP contribution in [0.1, 0.15) is 356 Å². The third-order valence-corrected chi connectivity index (χ3v) is 4.34. The van der Waals surface area contributed by atoms with Gasteiger partial charge in [0.25, 0.3) is 0 Å². The smallest absolute Gasteiger partial charge is 0 e. The minimum absolute atomic E-state index is 0. The van der Waals surface area contributed by atoms with Gasteiger partial charge in [-0.2, -0.15) is 0 Å². The molecule has 0 aromatic carbocycles. The molecule has 2 aliphatic carbocycles. The average molecular weight is 1190 g/mol. The summed E-state index contributed by atoms with van der Waals surface area (Å²) in [5, 5.41) is 0. The summed E-state index contributed by atoms with van der Waals surface area (Å²) in [5.41, 5.74) is 0. The molecule has 2 heteroatoms. The molecule has 386 valence electrons. The first-order valence-electron chi connectivity index (χ1n) is 23.7. The van der Waals surface area contributed by atoms with Gasteiger partial charge in [-0.25, -0.2) is 0 Å². The summed E-state index contributed by atoms with van der Waals surface area (Å²) < 4.78 is 0. The molecule has 0 saturated heterocycles. The van der Waals surface area contributed by atoms with E-state index >= 15 is 0 Å². The minimum Gasteiger partial charge on any atom is -0.0776 e. The van der Waals surface area contributed by atoms with Gasteiger partial charge in [-0.3, -0.25) is 0 Å². The molecule has 0 radical (unpaired) electrons. The third kappa shape index (κ3) is 358. The van der Waals surface area contributed by atoms with Crippen LogP contribution in [0.25, 0.3) is 0 Å². The predicted octanol–water partition coefficient (Wildman–Crippen LogP) is 25.9. The van der Waals surface area contributed by atoms with Crippen LogP contribution in [0.5, 0.6) is 0 Å². The Morgan fingerprint density at radius 1 is 0.250 bits per heavy atom. The van der Waals surface area contributed by atoms with Gasteiger partial charge in [0.1, 0.15) is 0 Å². The van der Waals surface area contributed by atoms with Crippen molar-refractivity contribution in [2.45, 2.75) is 356 Å². The van der Waals surface area contributed by atoms with Crippen LogP contribution in [-0.2, 0) is 42.1 Å². The van der Waals surface area contributed by atoms with Gasteiger partial charge in [-0.15, -0.1) is 0 Å². The molecule has 2 aliphatic rings. The molecule has 0 nitrogen and oxygen atoms in total. The molecule has 2 rings (SSSR count). The van der Waals surface area contributed by atoms with E-state index in [1.165, 1.54) is 89.9 Å². The van der Waals surface area contributed by atoms with E-state index in [-0.39, 0.29) is 86.7 Å². The zero-order valence-electron chi connectivity index (χ0n) is 43.7. The van der Waals surface area contributed by atoms with Gasteiger partial charge in [0, 0.05) is 42.1 Å². The Morgan fingerprint density at radius 2 is 0.339 bits per heavy atom. The molecule has 0 atom stereocenters. The first-order valence-corrected chi connectivity index (χ1v) is 23.7. The molecule has 0 aliphatic heterocycles. The fourth-order valence-electron chi connectivity index (χ4n) is 3.41. The Kier molecular flexibility index (Phi) is 1040. The Balaban J connectivity index is -0.0000000102.